The minimum atomic E-state index is -0.249. The van der Waals surface area contributed by atoms with Crippen molar-refractivity contribution in [2.45, 2.75) is 44.4 Å². The molecule has 0 unspecified atom stereocenters. The molecule has 2 aromatic rings. The van der Waals surface area contributed by atoms with Crippen LogP contribution in [0.1, 0.15) is 49.5 Å². The van der Waals surface area contributed by atoms with E-state index in [-0.39, 0.29) is 17.6 Å². The van der Waals surface area contributed by atoms with Crippen molar-refractivity contribution in [3.8, 4) is 0 Å². The van der Waals surface area contributed by atoms with Gasteiger partial charge in [-0.25, -0.2) is 4.39 Å². The van der Waals surface area contributed by atoms with E-state index < -0.39 is 0 Å². The highest BCUT2D eigenvalue weighted by molar-refractivity contribution is 7.15. The molecule has 0 bridgehead atoms. The summed E-state index contributed by atoms with van der Waals surface area (Å²) >= 11 is 1.45. The van der Waals surface area contributed by atoms with Gasteiger partial charge in [0.1, 0.15) is 10.8 Å². The Morgan fingerprint density at radius 1 is 1.07 bits per heavy atom. The lowest BCUT2D eigenvalue weighted by Crippen LogP contribution is -2.48. The van der Waals surface area contributed by atoms with E-state index in [1.54, 1.807) is 12.1 Å². The lowest BCUT2D eigenvalue weighted by molar-refractivity contribution is -0.131. The third-order valence-electron chi connectivity index (χ3n) is 5.76. The quantitative estimate of drug-likeness (QED) is 0.727. The molecule has 30 heavy (non-hydrogen) atoms. The van der Waals surface area contributed by atoms with Gasteiger partial charge < -0.3 is 15.1 Å². The Labute approximate surface area is 179 Å². The Kier molecular flexibility index (Phi) is 6.56. The Morgan fingerprint density at radius 2 is 1.80 bits per heavy atom. The van der Waals surface area contributed by atoms with E-state index in [9.17, 15) is 14.0 Å². The number of piperazine rings is 1. The van der Waals surface area contributed by atoms with Crippen LogP contribution in [-0.4, -0.2) is 53.1 Å². The molecule has 1 aliphatic carbocycles. The van der Waals surface area contributed by atoms with Crippen LogP contribution in [0.5, 0.6) is 0 Å². The molecule has 4 rings (SSSR count). The van der Waals surface area contributed by atoms with Gasteiger partial charge in [0.2, 0.25) is 16.9 Å². The van der Waals surface area contributed by atoms with Crippen LogP contribution >= 0.6 is 11.3 Å². The van der Waals surface area contributed by atoms with Gasteiger partial charge in [0, 0.05) is 50.6 Å². The van der Waals surface area contributed by atoms with Gasteiger partial charge in [-0.1, -0.05) is 17.8 Å². The maximum Gasteiger partial charge on any atom is 0.226 e. The first-order valence-electron chi connectivity index (χ1n) is 10.5. The summed E-state index contributed by atoms with van der Waals surface area (Å²) in [6, 6.07) is 6.43. The van der Waals surface area contributed by atoms with Gasteiger partial charge in [0.05, 0.1) is 0 Å². The van der Waals surface area contributed by atoms with Crippen LogP contribution in [0.25, 0.3) is 0 Å². The molecule has 9 heteroatoms. The topological polar surface area (TPSA) is 78.4 Å². The lowest BCUT2D eigenvalue weighted by Gasteiger charge is -2.36. The van der Waals surface area contributed by atoms with Crippen molar-refractivity contribution in [3.05, 3.63) is 35.1 Å². The zero-order valence-electron chi connectivity index (χ0n) is 16.8. The SMILES string of the molecule is O=C(CCCC(=O)N1CCN(c2ccc(F)cc2)CC1)Nc1nnc(C2CCC2)s1. The van der Waals surface area contributed by atoms with Crippen molar-refractivity contribution in [3.63, 3.8) is 0 Å². The van der Waals surface area contributed by atoms with Crippen molar-refractivity contribution < 1.29 is 14.0 Å². The molecule has 1 saturated carbocycles. The molecule has 1 aliphatic heterocycles. The average molecular weight is 432 g/mol. The van der Waals surface area contributed by atoms with Crippen LogP contribution in [0.3, 0.4) is 0 Å². The van der Waals surface area contributed by atoms with Crippen molar-refractivity contribution in [1.82, 2.24) is 15.1 Å². The predicted octanol–water partition coefficient (Wildman–Crippen LogP) is 3.40. The third kappa shape index (κ3) is 5.13. The Balaban J connectivity index is 1.15. The van der Waals surface area contributed by atoms with Gasteiger partial charge in [-0.3, -0.25) is 9.59 Å². The van der Waals surface area contributed by atoms with E-state index >= 15 is 0 Å². The molecule has 7 nitrogen and oxygen atoms in total. The fourth-order valence-corrected chi connectivity index (χ4v) is 4.64. The lowest BCUT2D eigenvalue weighted by atomic mass is 9.86. The molecule has 1 aromatic carbocycles. The summed E-state index contributed by atoms with van der Waals surface area (Å²) in [6.07, 6.45) is 4.71. The number of hydrogen-bond acceptors (Lipinski definition) is 6. The number of amides is 2. The normalized spacial score (nSPS) is 17.0. The monoisotopic (exact) mass is 431 g/mol. The van der Waals surface area contributed by atoms with Gasteiger partial charge in [0.15, 0.2) is 0 Å². The summed E-state index contributed by atoms with van der Waals surface area (Å²) in [7, 11) is 0. The fourth-order valence-electron chi connectivity index (χ4n) is 3.71. The van der Waals surface area contributed by atoms with Gasteiger partial charge in [-0.15, -0.1) is 10.2 Å². The van der Waals surface area contributed by atoms with E-state index in [1.165, 1.54) is 29.9 Å². The summed E-state index contributed by atoms with van der Waals surface area (Å²) in [6.45, 7) is 2.71. The van der Waals surface area contributed by atoms with Crippen LogP contribution in [0.2, 0.25) is 0 Å². The number of carbonyl (C=O) groups excluding carboxylic acids is 2. The summed E-state index contributed by atoms with van der Waals surface area (Å²) in [5, 5.41) is 12.6. The number of nitrogens with zero attached hydrogens (tertiary/aromatic N) is 4. The largest absolute Gasteiger partial charge is 0.368 e. The summed E-state index contributed by atoms with van der Waals surface area (Å²) < 4.78 is 13.1. The van der Waals surface area contributed by atoms with E-state index in [4.69, 9.17) is 0 Å². The molecular weight excluding hydrogens is 405 g/mol. The molecule has 1 aromatic heterocycles. The molecule has 1 saturated heterocycles. The molecule has 1 N–H and O–H groups in total. The number of aromatic nitrogens is 2. The van der Waals surface area contributed by atoms with Gasteiger partial charge >= 0.3 is 0 Å². The third-order valence-corrected chi connectivity index (χ3v) is 6.76. The fraction of sp³-hybridized carbons (Fsp3) is 0.524. The minimum Gasteiger partial charge on any atom is -0.368 e. The van der Waals surface area contributed by atoms with Crippen LogP contribution in [-0.2, 0) is 9.59 Å². The molecule has 2 fully saturated rings. The predicted molar refractivity (Wildman–Crippen MR) is 114 cm³/mol. The van der Waals surface area contributed by atoms with E-state index in [2.05, 4.69) is 20.4 Å². The van der Waals surface area contributed by atoms with E-state index in [1.807, 2.05) is 4.90 Å². The summed E-state index contributed by atoms with van der Waals surface area (Å²) in [5.41, 5.74) is 0.970. The van der Waals surface area contributed by atoms with Crippen molar-refractivity contribution in [2.75, 3.05) is 36.4 Å². The molecule has 2 aliphatic rings. The molecule has 0 radical (unpaired) electrons. The molecule has 160 valence electrons. The number of rotatable bonds is 7. The first-order chi connectivity index (χ1) is 14.6. The van der Waals surface area contributed by atoms with Crippen LogP contribution in [0.4, 0.5) is 15.2 Å². The van der Waals surface area contributed by atoms with Crippen molar-refractivity contribution in [1.29, 1.82) is 0 Å². The first kappa shape index (κ1) is 20.7. The summed E-state index contributed by atoms with van der Waals surface area (Å²) in [4.78, 5) is 28.6. The number of anilines is 2. The number of hydrogen-bond donors (Lipinski definition) is 1. The Hall–Kier alpha value is -2.55. The molecule has 0 spiro atoms. The smallest absolute Gasteiger partial charge is 0.226 e. The molecule has 2 amide bonds. The first-order valence-corrected chi connectivity index (χ1v) is 11.3. The minimum absolute atomic E-state index is 0.0738. The molecule has 0 atom stereocenters. The van der Waals surface area contributed by atoms with Crippen molar-refractivity contribution >= 4 is 34.0 Å². The highest BCUT2D eigenvalue weighted by Crippen LogP contribution is 2.38. The number of halogens is 1. The molecule has 2 heterocycles. The maximum atomic E-state index is 13.1. The highest BCUT2D eigenvalue weighted by Gasteiger charge is 2.24. The highest BCUT2D eigenvalue weighted by atomic mass is 32.1. The number of carbonyl (C=O) groups is 2. The van der Waals surface area contributed by atoms with Crippen LogP contribution < -0.4 is 10.2 Å². The Morgan fingerprint density at radius 3 is 2.47 bits per heavy atom. The summed E-state index contributed by atoms with van der Waals surface area (Å²) in [5.74, 6) is 0.209. The second-order valence-corrected chi connectivity index (χ2v) is 8.83. The zero-order chi connectivity index (χ0) is 20.9. The van der Waals surface area contributed by atoms with Gasteiger partial charge in [-0.05, 0) is 43.5 Å². The number of nitrogens with one attached hydrogen (secondary N) is 1. The number of benzene rings is 1. The zero-order valence-corrected chi connectivity index (χ0v) is 17.7. The van der Waals surface area contributed by atoms with Gasteiger partial charge in [0.25, 0.3) is 0 Å². The van der Waals surface area contributed by atoms with Gasteiger partial charge in [-0.2, -0.15) is 0 Å². The second kappa shape index (κ2) is 9.51. The second-order valence-electron chi connectivity index (χ2n) is 7.82. The average Bonchev–Trinajstić information content (AvgIpc) is 3.15. The maximum absolute atomic E-state index is 13.1. The Bertz CT molecular complexity index is 876. The van der Waals surface area contributed by atoms with E-state index in [0.29, 0.717) is 43.4 Å². The van der Waals surface area contributed by atoms with E-state index in [0.717, 1.165) is 36.6 Å². The van der Waals surface area contributed by atoms with Crippen LogP contribution in [0.15, 0.2) is 24.3 Å². The van der Waals surface area contributed by atoms with Crippen LogP contribution in [0, 0.1) is 5.82 Å². The standard InChI is InChI=1S/C21H26FN5O2S/c22-16-7-9-17(10-8-16)26-11-13-27(14-12-26)19(29)6-2-5-18(28)23-21-25-24-20(30-21)15-3-1-4-15/h7-10,15H,1-6,11-14H2,(H,23,25,28). The van der Waals surface area contributed by atoms with Crippen molar-refractivity contribution in [2.24, 2.45) is 0 Å². The molecular formula is C21H26FN5O2S.